The molecule has 10 heteroatoms. The van der Waals surface area contributed by atoms with Crippen LogP contribution in [0.1, 0.15) is 51.1 Å². The molecule has 2 aromatic heterocycles. The Morgan fingerprint density at radius 2 is 2.06 bits per heavy atom. The summed E-state index contributed by atoms with van der Waals surface area (Å²) in [4.78, 5) is 29.8. The molecule has 2 aliphatic carbocycles. The quantitative estimate of drug-likeness (QED) is 0.641. The second-order valence-corrected chi connectivity index (χ2v) is 9.07. The van der Waals surface area contributed by atoms with Gasteiger partial charge in [-0.1, -0.05) is 5.21 Å². The van der Waals surface area contributed by atoms with Crippen LogP contribution >= 0.6 is 0 Å². The highest BCUT2D eigenvalue weighted by atomic mass is 16.6. The number of aromatic nitrogens is 4. The largest absolute Gasteiger partial charge is 0.489 e. The molecule has 0 radical (unpaired) electrons. The third-order valence-corrected chi connectivity index (χ3v) is 6.74. The topological polar surface area (TPSA) is 120 Å². The monoisotopic (exact) mass is 457 g/mol. The van der Waals surface area contributed by atoms with Crippen LogP contribution < -0.4 is 4.74 Å². The number of carbonyl (C=O) groups is 2. The highest BCUT2D eigenvalue weighted by Crippen LogP contribution is 2.35. The van der Waals surface area contributed by atoms with Crippen LogP contribution in [0.3, 0.4) is 0 Å². The number of carboxylic acids is 1. The van der Waals surface area contributed by atoms with Crippen molar-refractivity contribution in [2.24, 2.45) is 18.9 Å². The molecule has 2 fully saturated rings. The molecule has 0 saturated heterocycles. The average molecular weight is 458 g/mol. The first-order valence-corrected chi connectivity index (χ1v) is 11.5. The fourth-order valence-corrected chi connectivity index (χ4v) is 4.29. The lowest BCUT2D eigenvalue weighted by Gasteiger charge is -2.27. The number of pyridine rings is 1. The van der Waals surface area contributed by atoms with E-state index in [0.717, 1.165) is 25.7 Å². The summed E-state index contributed by atoms with van der Waals surface area (Å²) in [5.41, 5.74) is 1.78. The molecule has 0 bridgehead atoms. The summed E-state index contributed by atoms with van der Waals surface area (Å²) in [5, 5.41) is 17.5. The van der Waals surface area contributed by atoms with Crippen molar-refractivity contribution < 1.29 is 24.2 Å². The minimum Gasteiger partial charge on any atom is -0.489 e. The van der Waals surface area contributed by atoms with E-state index in [1.807, 2.05) is 6.92 Å². The van der Waals surface area contributed by atoms with Crippen molar-refractivity contribution in [3.05, 3.63) is 24.0 Å². The molecule has 33 heavy (non-hydrogen) atoms. The van der Waals surface area contributed by atoms with Gasteiger partial charge in [0.15, 0.2) is 0 Å². The van der Waals surface area contributed by atoms with Crippen LogP contribution in [0.5, 0.6) is 5.75 Å². The molecular weight excluding hydrogens is 426 g/mol. The minimum atomic E-state index is -0.763. The van der Waals surface area contributed by atoms with Gasteiger partial charge in [0.25, 0.3) is 0 Å². The van der Waals surface area contributed by atoms with Crippen LogP contribution in [0.25, 0.3) is 11.4 Å². The zero-order valence-electron chi connectivity index (χ0n) is 19.3. The fourth-order valence-electron chi connectivity index (χ4n) is 4.29. The van der Waals surface area contributed by atoms with Gasteiger partial charge in [0, 0.05) is 20.1 Å². The molecule has 0 aromatic carbocycles. The van der Waals surface area contributed by atoms with E-state index in [-0.39, 0.29) is 30.8 Å². The third kappa shape index (κ3) is 5.43. The van der Waals surface area contributed by atoms with E-state index in [2.05, 4.69) is 15.3 Å². The van der Waals surface area contributed by atoms with Gasteiger partial charge in [-0.25, -0.2) is 9.48 Å². The number of hydrogen-bond donors (Lipinski definition) is 1. The van der Waals surface area contributed by atoms with Gasteiger partial charge in [-0.2, -0.15) is 0 Å². The smallest absolute Gasteiger partial charge is 0.410 e. The summed E-state index contributed by atoms with van der Waals surface area (Å²) in [6.07, 6.45) is 6.28. The number of carboxylic acid groups (broad SMARTS) is 1. The van der Waals surface area contributed by atoms with Crippen molar-refractivity contribution in [3.63, 3.8) is 0 Å². The molecule has 2 saturated carbocycles. The molecule has 0 spiro atoms. The number of nitrogens with zero attached hydrogens (tertiary/aromatic N) is 5. The van der Waals surface area contributed by atoms with E-state index in [1.54, 1.807) is 42.0 Å². The Balaban J connectivity index is 1.38. The molecule has 4 rings (SSSR count). The molecule has 0 unspecified atom stereocenters. The van der Waals surface area contributed by atoms with E-state index in [0.29, 0.717) is 41.6 Å². The molecule has 2 aromatic rings. The Kier molecular flexibility index (Phi) is 6.80. The third-order valence-electron chi connectivity index (χ3n) is 6.74. The Labute approximate surface area is 192 Å². The number of hydrogen-bond acceptors (Lipinski definition) is 7. The van der Waals surface area contributed by atoms with Crippen molar-refractivity contribution in [2.45, 2.75) is 64.2 Å². The van der Waals surface area contributed by atoms with E-state index in [1.165, 1.54) is 0 Å². The zero-order valence-corrected chi connectivity index (χ0v) is 19.3. The lowest BCUT2D eigenvalue weighted by molar-refractivity contribution is -0.143. The Hall–Kier alpha value is -3.17. The first kappa shape index (κ1) is 23.0. The minimum absolute atomic E-state index is 0.0397. The molecular formula is C23H31N5O5. The fraction of sp³-hybridized carbons (Fsp3) is 0.609. The lowest BCUT2D eigenvalue weighted by atomic mass is 9.87. The lowest BCUT2D eigenvalue weighted by Crippen LogP contribution is -2.36. The number of carbonyl (C=O) groups excluding carboxylic acids is 1. The van der Waals surface area contributed by atoms with Gasteiger partial charge in [0.05, 0.1) is 23.9 Å². The number of amides is 1. The Morgan fingerprint density at radius 1 is 1.27 bits per heavy atom. The standard InChI is InChI=1S/C23H31N5O5/c1-14(15-7-8-15)27(2)23(31)32-13-20-21(25-26-28(20)3)19-10-9-18(12-24-19)33-17-6-4-5-16(11-17)22(29)30/h9-10,12,14-17H,4-8,11,13H2,1-3H3,(H,29,30)/t14-,16+,17+/m1/s1. The number of ether oxygens (including phenoxy) is 2. The summed E-state index contributed by atoms with van der Waals surface area (Å²) in [7, 11) is 3.51. The summed E-state index contributed by atoms with van der Waals surface area (Å²) >= 11 is 0. The number of rotatable bonds is 8. The SMILES string of the molecule is C[C@H](C1CC1)N(C)C(=O)OCc1c(-c2ccc(O[C@H]3CCC[C@H](C(=O)O)C3)cn2)nnn1C. The van der Waals surface area contributed by atoms with Gasteiger partial charge in [0.2, 0.25) is 0 Å². The number of aliphatic carboxylic acids is 1. The van der Waals surface area contributed by atoms with Gasteiger partial charge >= 0.3 is 12.1 Å². The van der Waals surface area contributed by atoms with Crippen LogP contribution in [0, 0.1) is 11.8 Å². The molecule has 0 aliphatic heterocycles. The summed E-state index contributed by atoms with van der Waals surface area (Å²) in [6.45, 7) is 2.08. The summed E-state index contributed by atoms with van der Waals surface area (Å²) in [6, 6.07) is 3.73. The molecule has 1 amide bonds. The highest BCUT2D eigenvalue weighted by molar-refractivity contribution is 5.70. The van der Waals surface area contributed by atoms with E-state index in [4.69, 9.17) is 9.47 Å². The molecule has 3 atom stereocenters. The Morgan fingerprint density at radius 3 is 2.73 bits per heavy atom. The van der Waals surface area contributed by atoms with Gasteiger partial charge in [-0.3, -0.25) is 9.78 Å². The van der Waals surface area contributed by atoms with Gasteiger partial charge in [-0.15, -0.1) is 5.10 Å². The maximum absolute atomic E-state index is 12.5. The van der Waals surface area contributed by atoms with Crippen LogP contribution in [0.4, 0.5) is 4.79 Å². The molecule has 2 heterocycles. The highest BCUT2D eigenvalue weighted by Gasteiger charge is 2.33. The second kappa shape index (κ2) is 9.76. The van der Waals surface area contributed by atoms with E-state index >= 15 is 0 Å². The first-order valence-electron chi connectivity index (χ1n) is 11.5. The normalized spacial score (nSPS) is 21.3. The van der Waals surface area contributed by atoms with Crippen molar-refractivity contribution >= 4 is 12.1 Å². The van der Waals surface area contributed by atoms with Gasteiger partial charge < -0.3 is 19.5 Å². The maximum atomic E-state index is 12.5. The second-order valence-electron chi connectivity index (χ2n) is 9.07. The van der Waals surface area contributed by atoms with Crippen molar-refractivity contribution in [3.8, 4) is 17.1 Å². The van der Waals surface area contributed by atoms with Crippen molar-refractivity contribution in [1.82, 2.24) is 24.9 Å². The zero-order chi connectivity index (χ0) is 23.5. The van der Waals surface area contributed by atoms with Crippen LogP contribution in [0.15, 0.2) is 18.3 Å². The van der Waals surface area contributed by atoms with Gasteiger partial charge in [0.1, 0.15) is 23.7 Å². The van der Waals surface area contributed by atoms with E-state index < -0.39 is 5.97 Å². The maximum Gasteiger partial charge on any atom is 0.410 e. The molecule has 178 valence electrons. The molecule has 2 aliphatic rings. The van der Waals surface area contributed by atoms with Gasteiger partial charge in [-0.05, 0) is 63.5 Å². The average Bonchev–Trinajstić information content (AvgIpc) is 3.60. The molecule has 1 N–H and O–H groups in total. The van der Waals surface area contributed by atoms with E-state index in [9.17, 15) is 14.7 Å². The summed E-state index contributed by atoms with van der Waals surface area (Å²) in [5.74, 6) is 0.0281. The van der Waals surface area contributed by atoms with Crippen molar-refractivity contribution in [1.29, 1.82) is 0 Å². The van der Waals surface area contributed by atoms with Crippen LogP contribution in [0.2, 0.25) is 0 Å². The predicted molar refractivity (Wildman–Crippen MR) is 118 cm³/mol. The first-order chi connectivity index (χ1) is 15.8. The predicted octanol–water partition coefficient (Wildman–Crippen LogP) is 3.27. The molecule has 10 nitrogen and oxygen atoms in total. The van der Waals surface area contributed by atoms with Crippen LogP contribution in [-0.4, -0.2) is 61.2 Å². The summed E-state index contributed by atoms with van der Waals surface area (Å²) < 4.78 is 13.1. The number of aryl methyl sites for hydroxylation is 1. The van der Waals surface area contributed by atoms with Crippen molar-refractivity contribution in [2.75, 3.05) is 7.05 Å². The Bertz CT molecular complexity index is 988. The van der Waals surface area contributed by atoms with Crippen LogP contribution in [-0.2, 0) is 23.2 Å².